The first kappa shape index (κ1) is 19.6. The van der Waals surface area contributed by atoms with E-state index in [0.717, 1.165) is 52.9 Å². The Bertz CT molecular complexity index is 865. The van der Waals surface area contributed by atoms with Crippen molar-refractivity contribution in [2.75, 3.05) is 35.9 Å². The summed E-state index contributed by atoms with van der Waals surface area (Å²) in [6.07, 6.45) is 3.01. The molecule has 0 amide bonds. The number of benzene rings is 2. The van der Waals surface area contributed by atoms with Gasteiger partial charge >= 0.3 is 0 Å². The fourth-order valence-electron chi connectivity index (χ4n) is 3.91. The van der Waals surface area contributed by atoms with E-state index >= 15 is 0 Å². The van der Waals surface area contributed by atoms with Crippen molar-refractivity contribution in [1.82, 2.24) is 0 Å². The van der Waals surface area contributed by atoms with Crippen molar-refractivity contribution in [1.29, 1.82) is 0 Å². The average molecular weight is 416 g/mol. The van der Waals surface area contributed by atoms with E-state index in [1.807, 2.05) is 30.0 Å². The van der Waals surface area contributed by atoms with Crippen LogP contribution in [0.5, 0.6) is 0 Å². The monoisotopic (exact) mass is 415 g/mol. The van der Waals surface area contributed by atoms with Crippen molar-refractivity contribution >= 4 is 40.6 Å². The largest absolute Gasteiger partial charge is 0.384 e. The number of methoxy groups -OCH3 is 1. The smallest absolute Gasteiger partial charge is 0.127 e. The number of rotatable bonds is 5. The molecule has 0 atom stereocenters. The fourth-order valence-corrected chi connectivity index (χ4v) is 5.31. The van der Waals surface area contributed by atoms with Crippen LogP contribution >= 0.6 is 23.4 Å². The first-order chi connectivity index (χ1) is 13.7. The summed E-state index contributed by atoms with van der Waals surface area (Å²) in [5.41, 5.74) is 4.56. The van der Waals surface area contributed by atoms with E-state index in [9.17, 15) is 0 Å². The number of nitrogens with zero attached hydrogens (tertiary/aromatic N) is 1. The van der Waals surface area contributed by atoms with Gasteiger partial charge in [0.05, 0.1) is 30.1 Å². The molecule has 0 saturated carbocycles. The molecule has 2 heterocycles. The number of thioether (sulfide) groups is 1. The van der Waals surface area contributed by atoms with Gasteiger partial charge in [-0.1, -0.05) is 35.9 Å². The quantitative estimate of drug-likeness (QED) is 0.701. The van der Waals surface area contributed by atoms with Crippen LogP contribution in [0.25, 0.3) is 0 Å². The van der Waals surface area contributed by atoms with Crippen LogP contribution in [0, 0.1) is 0 Å². The Balaban J connectivity index is 1.67. The van der Waals surface area contributed by atoms with Gasteiger partial charge in [-0.25, -0.2) is 0 Å². The van der Waals surface area contributed by atoms with Gasteiger partial charge in [0.2, 0.25) is 0 Å². The second-order valence-electron chi connectivity index (χ2n) is 7.32. The number of amidine groups is 1. The summed E-state index contributed by atoms with van der Waals surface area (Å²) in [5.74, 6) is 3.33. The van der Waals surface area contributed by atoms with Crippen LogP contribution < -0.4 is 10.6 Å². The predicted molar refractivity (Wildman–Crippen MR) is 121 cm³/mol. The second-order valence-corrected chi connectivity index (χ2v) is 8.98. The van der Waals surface area contributed by atoms with E-state index < -0.39 is 0 Å². The number of fused-ring (bicyclic) bond motifs is 1. The summed E-state index contributed by atoms with van der Waals surface area (Å²) >= 11 is 8.17. The van der Waals surface area contributed by atoms with Gasteiger partial charge in [0.25, 0.3) is 0 Å². The summed E-state index contributed by atoms with van der Waals surface area (Å²) < 4.78 is 5.30. The minimum atomic E-state index is -0.114. The van der Waals surface area contributed by atoms with E-state index in [2.05, 4.69) is 34.9 Å². The SMILES string of the molecule is COCCc1cccc2c1NC(=NCc1cccc(Cl)c1)C1(CCSCC1)N2. The van der Waals surface area contributed by atoms with Crippen LogP contribution in [0.2, 0.25) is 5.02 Å². The molecule has 0 radical (unpaired) electrons. The highest BCUT2D eigenvalue weighted by molar-refractivity contribution is 7.99. The Morgan fingerprint density at radius 3 is 2.79 bits per heavy atom. The molecule has 2 aromatic rings. The van der Waals surface area contributed by atoms with E-state index in [1.165, 1.54) is 11.3 Å². The minimum Gasteiger partial charge on any atom is -0.384 e. The lowest BCUT2D eigenvalue weighted by atomic mass is 9.87. The summed E-state index contributed by atoms with van der Waals surface area (Å²) in [6.45, 7) is 1.32. The molecule has 2 aliphatic rings. The van der Waals surface area contributed by atoms with Crippen LogP contribution in [-0.2, 0) is 17.7 Å². The number of halogens is 1. The lowest BCUT2D eigenvalue weighted by molar-refractivity contribution is 0.202. The predicted octanol–water partition coefficient (Wildman–Crippen LogP) is 5.23. The standard InChI is InChI=1S/C22H26ClN3OS/c1-27-11-8-17-5-3-7-19-20(17)25-21(22(26-19)9-12-28-13-10-22)24-15-16-4-2-6-18(23)14-16/h2-7,14,26H,8-13,15H2,1H3,(H,24,25). The summed E-state index contributed by atoms with van der Waals surface area (Å²) in [4.78, 5) is 5.04. The van der Waals surface area contributed by atoms with Crippen LogP contribution in [0.4, 0.5) is 11.4 Å². The van der Waals surface area contributed by atoms with E-state index in [0.29, 0.717) is 13.2 Å². The molecule has 6 heteroatoms. The molecule has 1 saturated heterocycles. The zero-order valence-electron chi connectivity index (χ0n) is 16.1. The average Bonchev–Trinajstić information content (AvgIpc) is 2.71. The Hall–Kier alpha value is -1.69. The highest BCUT2D eigenvalue weighted by Crippen LogP contribution is 2.40. The Kier molecular flexibility index (Phi) is 6.14. The van der Waals surface area contributed by atoms with Crippen LogP contribution in [0.15, 0.2) is 47.5 Å². The normalized spacial score (nSPS) is 19.1. The molecule has 1 fully saturated rings. The number of anilines is 2. The van der Waals surface area contributed by atoms with Gasteiger partial charge in [0.15, 0.2) is 0 Å². The summed E-state index contributed by atoms with van der Waals surface area (Å²) in [6, 6.07) is 14.4. The molecule has 28 heavy (non-hydrogen) atoms. The maximum atomic E-state index is 6.15. The zero-order valence-corrected chi connectivity index (χ0v) is 17.7. The Morgan fingerprint density at radius 1 is 1.18 bits per heavy atom. The van der Waals surface area contributed by atoms with Gasteiger partial charge in [-0.3, -0.25) is 4.99 Å². The first-order valence-electron chi connectivity index (χ1n) is 9.73. The topological polar surface area (TPSA) is 45.6 Å². The molecule has 0 bridgehead atoms. The molecule has 2 aromatic carbocycles. The second kappa shape index (κ2) is 8.76. The molecule has 0 aromatic heterocycles. The fraction of sp³-hybridized carbons (Fsp3) is 0.409. The molecule has 4 nitrogen and oxygen atoms in total. The lowest BCUT2D eigenvalue weighted by Crippen LogP contribution is -2.55. The van der Waals surface area contributed by atoms with Crippen molar-refractivity contribution < 1.29 is 4.74 Å². The van der Waals surface area contributed by atoms with Crippen molar-refractivity contribution in [2.24, 2.45) is 4.99 Å². The van der Waals surface area contributed by atoms with Crippen molar-refractivity contribution in [3.05, 3.63) is 58.6 Å². The van der Waals surface area contributed by atoms with Crippen LogP contribution in [0.1, 0.15) is 24.0 Å². The summed E-state index contributed by atoms with van der Waals surface area (Å²) in [7, 11) is 1.74. The molecular formula is C22H26ClN3OS. The van der Waals surface area contributed by atoms with E-state index in [-0.39, 0.29) is 5.54 Å². The Labute approximate surface area is 176 Å². The third-order valence-electron chi connectivity index (χ3n) is 5.45. The van der Waals surface area contributed by atoms with Crippen molar-refractivity contribution in [3.63, 3.8) is 0 Å². The molecule has 2 aliphatic heterocycles. The molecule has 148 valence electrons. The molecule has 0 aliphatic carbocycles. The number of para-hydroxylation sites is 1. The number of hydrogen-bond donors (Lipinski definition) is 2. The zero-order chi connectivity index (χ0) is 19.4. The van der Waals surface area contributed by atoms with Gasteiger partial charge in [0.1, 0.15) is 5.84 Å². The number of aliphatic imine (C=N–C) groups is 1. The third-order valence-corrected chi connectivity index (χ3v) is 6.67. The molecule has 1 spiro atoms. The number of nitrogens with one attached hydrogen (secondary N) is 2. The van der Waals surface area contributed by atoms with Crippen LogP contribution in [-0.4, -0.2) is 36.6 Å². The number of hydrogen-bond acceptors (Lipinski definition) is 4. The van der Waals surface area contributed by atoms with Crippen molar-refractivity contribution in [3.8, 4) is 0 Å². The highest BCUT2D eigenvalue weighted by atomic mass is 35.5. The lowest BCUT2D eigenvalue weighted by Gasteiger charge is -2.44. The van der Waals surface area contributed by atoms with Gasteiger partial charge in [-0.05, 0) is 60.1 Å². The van der Waals surface area contributed by atoms with E-state index in [1.54, 1.807) is 7.11 Å². The van der Waals surface area contributed by atoms with Gasteiger partial charge in [-0.2, -0.15) is 11.8 Å². The number of ether oxygens (including phenoxy) is 1. The van der Waals surface area contributed by atoms with Crippen molar-refractivity contribution in [2.45, 2.75) is 31.3 Å². The first-order valence-corrected chi connectivity index (χ1v) is 11.3. The molecular weight excluding hydrogens is 390 g/mol. The summed E-state index contributed by atoms with van der Waals surface area (Å²) in [5, 5.41) is 8.32. The minimum absolute atomic E-state index is 0.114. The van der Waals surface area contributed by atoms with Crippen LogP contribution in [0.3, 0.4) is 0 Å². The molecule has 0 unspecified atom stereocenters. The van der Waals surface area contributed by atoms with Gasteiger partial charge in [0, 0.05) is 12.1 Å². The maximum absolute atomic E-state index is 6.15. The van der Waals surface area contributed by atoms with E-state index in [4.69, 9.17) is 21.3 Å². The van der Waals surface area contributed by atoms with Gasteiger partial charge < -0.3 is 15.4 Å². The van der Waals surface area contributed by atoms with Gasteiger partial charge in [-0.15, -0.1) is 0 Å². The molecule has 2 N–H and O–H groups in total. The highest BCUT2D eigenvalue weighted by Gasteiger charge is 2.41. The molecule has 4 rings (SSSR count). The Morgan fingerprint density at radius 2 is 2.00 bits per heavy atom. The third kappa shape index (κ3) is 4.17. The maximum Gasteiger partial charge on any atom is 0.127 e.